The SMILES string of the molecule is CCC(=O)N1CCc2cc(N3CC(C(=O)NCc4ccco4)CC3=O)ccc21. The van der Waals surface area contributed by atoms with Gasteiger partial charge in [0, 0.05) is 37.3 Å². The van der Waals surface area contributed by atoms with Gasteiger partial charge in [-0.1, -0.05) is 6.92 Å². The Balaban J connectivity index is 1.43. The summed E-state index contributed by atoms with van der Waals surface area (Å²) in [5, 5.41) is 2.83. The zero-order valence-corrected chi connectivity index (χ0v) is 15.8. The largest absolute Gasteiger partial charge is 0.467 e. The zero-order chi connectivity index (χ0) is 19.7. The molecule has 7 heteroatoms. The number of amides is 3. The first-order chi connectivity index (χ1) is 13.6. The number of nitrogens with one attached hydrogen (secondary N) is 1. The molecule has 1 aromatic carbocycles. The molecule has 3 heterocycles. The third-order valence-corrected chi connectivity index (χ3v) is 5.39. The van der Waals surface area contributed by atoms with Crippen molar-refractivity contribution in [1.29, 1.82) is 0 Å². The summed E-state index contributed by atoms with van der Waals surface area (Å²) in [4.78, 5) is 40.4. The molecule has 0 saturated carbocycles. The van der Waals surface area contributed by atoms with E-state index in [4.69, 9.17) is 4.42 Å². The van der Waals surface area contributed by atoms with Gasteiger partial charge in [-0.3, -0.25) is 14.4 Å². The van der Waals surface area contributed by atoms with Crippen molar-refractivity contribution in [3.63, 3.8) is 0 Å². The van der Waals surface area contributed by atoms with Gasteiger partial charge in [-0.25, -0.2) is 0 Å². The number of furan rings is 1. The molecule has 28 heavy (non-hydrogen) atoms. The highest BCUT2D eigenvalue weighted by molar-refractivity contribution is 6.01. The van der Waals surface area contributed by atoms with Gasteiger partial charge in [-0.15, -0.1) is 0 Å². The molecule has 4 rings (SSSR count). The second-order valence-electron chi connectivity index (χ2n) is 7.16. The van der Waals surface area contributed by atoms with Crippen molar-refractivity contribution in [3.8, 4) is 0 Å². The third kappa shape index (κ3) is 3.40. The number of hydrogen-bond acceptors (Lipinski definition) is 4. The molecule has 1 atom stereocenters. The lowest BCUT2D eigenvalue weighted by atomic mass is 10.1. The van der Waals surface area contributed by atoms with E-state index in [0.29, 0.717) is 31.8 Å². The van der Waals surface area contributed by atoms with Crippen molar-refractivity contribution in [2.45, 2.75) is 32.7 Å². The maximum absolute atomic E-state index is 12.5. The van der Waals surface area contributed by atoms with Crippen LogP contribution in [-0.4, -0.2) is 30.8 Å². The summed E-state index contributed by atoms with van der Waals surface area (Å²) in [5.74, 6) is 0.205. The molecule has 2 aliphatic rings. The first-order valence-electron chi connectivity index (χ1n) is 9.60. The van der Waals surface area contributed by atoms with Crippen LogP contribution >= 0.6 is 0 Å². The molecule has 1 saturated heterocycles. The molecule has 0 spiro atoms. The molecule has 0 radical (unpaired) electrons. The quantitative estimate of drug-likeness (QED) is 0.861. The van der Waals surface area contributed by atoms with E-state index in [1.807, 2.05) is 25.1 Å². The normalized spacial score (nSPS) is 18.5. The van der Waals surface area contributed by atoms with E-state index in [1.165, 1.54) is 0 Å². The Morgan fingerprint density at radius 2 is 2.14 bits per heavy atom. The fraction of sp³-hybridized carbons (Fsp3) is 0.381. The van der Waals surface area contributed by atoms with Crippen LogP contribution in [0.1, 0.15) is 31.1 Å². The molecule has 2 aliphatic heterocycles. The Bertz CT molecular complexity index is 906. The standard InChI is InChI=1S/C21H23N3O4/c1-2-19(25)23-8-7-14-10-16(5-6-18(14)23)24-13-15(11-20(24)26)21(27)22-12-17-4-3-9-28-17/h3-6,9-10,15H,2,7-8,11-13H2,1H3,(H,22,27). The number of nitrogens with zero attached hydrogens (tertiary/aromatic N) is 2. The van der Waals surface area contributed by atoms with Crippen LogP contribution in [0.3, 0.4) is 0 Å². The van der Waals surface area contributed by atoms with E-state index in [2.05, 4.69) is 5.32 Å². The van der Waals surface area contributed by atoms with Crippen molar-refractivity contribution >= 4 is 29.1 Å². The second-order valence-corrected chi connectivity index (χ2v) is 7.16. The Morgan fingerprint density at radius 3 is 2.89 bits per heavy atom. The monoisotopic (exact) mass is 381 g/mol. The van der Waals surface area contributed by atoms with Crippen molar-refractivity contribution in [1.82, 2.24) is 5.32 Å². The molecule has 0 aliphatic carbocycles. The van der Waals surface area contributed by atoms with Gasteiger partial charge in [0.05, 0.1) is 18.7 Å². The number of fused-ring (bicyclic) bond motifs is 1. The van der Waals surface area contributed by atoms with Gasteiger partial charge in [0.2, 0.25) is 17.7 Å². The van der Waals surface area contributed by atoms with Crippen LogP contribution < -0.4 is 15.1 Å². The Kier molecular flexibility index (Phi) is 4.90. The summed E-state index contributed by atoms with van der Waals surface area (Å²) in [6.45, 7) is 3.21. The predicted octanol–water partition coefficient (Wildman–Crippen LogP) is 2.25. The molecule has 1 aromatic heterocycles. The summed E-state index contributed by atoms with van der Waals surface area (Å²) < 4.78 is 5.21. The van der Waals surface area contributed by atoms with Gasteiger partial charge in [0.25, 0.3) is 0 Å². The molecule has 0 bridgehead atoms. The maximum Gasteiger partial charge on any atom is 0.227 e. The van der Waals surface area contributed by atoms with E-state index in [1.54, 1.807) is 28.2 Å². The van der Waals surface area contributed by atoms with E-state index >= 15 is 0 Å². The Morgan fingerprint density at radius 1 is 1.29 bits per heavy atom. The topological polar surface area (TPSA) is 82.9 Å². The Hall–Kier alpha value is -3.09. The smallest absolute Gasteiger partial charge is 0.227 e. The minimum absolute atomic E-state index is 0.0578. The fourth-order valence-corrected chi connectivity index (χ4v) is 3.87. The minimum Gasteiger partial charge on any atom is -0.467 e. The highest BCUT2D eigenvalue weighted by Gasteiger charge is 2.35. The average molecular weight is 381 g/mol. The Labute approximate surface area is 163 Å². The minimum atomic E-state index is -0.381. The highest BCUT2D eigenvalue weighted by Crippen LogP contribution is 2.34. The van der Waals surface area contributed by atoms with E-state index in [0.717, 1.165) is 23.4 Å². The highest BCUT2D eigenvalue weighted by atomic mass is 16.3. The van der Waals surface area contributed by atoms with Gasteiger partial charge in [0.1, 0.15) is 5.76 Å². The molecule has 7 nitrogen and oxygen atoms in total. The van der Waals surface area contributed by atoms with Crippen LogP contribution in [0.2, 0.25) is 0 Å². The van der Waals surface area contributed by atoms with Crippen LogP contribution in [0.4, 0.5) is 11.4 Å². The number of carbonyl (C=O) groups is 3. The summed E-state index contributed by atoms with van der Waals surface area (Å²) in [5.41, 5.74) is 2.78. The van der Waals surface area contributed by atoms with Gasteiger partial charge < -0.3 is 19.5 Å². The summed E-state index contributed by atoms with van der Waals surface area (Å²) in [7, 11) is 0. The van der Waals surface area contributed by atoms with Crippen molar-refractivity contribution in [2.24, 2.45) is 5.92 Å². The molecule has 1 unspecified atom stereocenters. The molecule has 1 fully saturated rings. The molecule has 2 aromatic rings. The average Bonchev–Trinajstić information content (AvgIpc) is 3.44. The number of rotatable bonds is 5. The van der Waals surface area contributed by atoms with Gasteiger partial charge in [-0.05, 0) is 42.3 Å². The fourth-order valence-electron chi connectivity index (χ4n) is 3.87. The molecule has 146 valence electrons. The third-order valence-electron chi connectivity index (χ3n) is 5.39. The van der Waals surface area contributed by atoms with Crippen molar-refractivity contribution in [2.75, 3.05) is 22.9 Å². The van der Waals surface area contributed by atoms with Crippen LogP contribution in [0.25, 0.3) is 0 Å². The lowest BCUT2D eigenvalue weighted by molar-refractivity contribution is -0.126. The summed E-state index contributed by atoms with van der Waals surface area (Å²) in [6.07, 6.45) is 3.01. The van der Waals surface area contributed by atoms with Gasteiger partial charge >= 0.3 is 0 Å². The lowest BCUT2D eigenvalue weighted by Gasteiger charge is -2.20. The first kappa shape index (κ1) is 18.3. The number of anilines is 2. The van der Waals surface area contributed by atoms with E-state index < -0.39 is 0 Å². The van der Waals surface area contributed by atoms with Crippen LogP contribution in [0.5, 0.6) is 0 Å². The van der Waals surface area contributed by atoms with Gasteiger partial charge in [-0.2, -0.15) is 0 Å². The number of hydrogen-bond donors (Lipinski definition) is 1. The zero-order valence-electron chi connectivity index (χ0n) is 15.8. The molecule has 1 N–H and O–H groups in total. The first-order valence-corrected chi connectivity index (χ1v) is 9.60. The predicted molar refractivity (Wildman–Crippen MR) is 104 cm³/mol. The van der Waals surface area contributed by atoms with Crippen LogP contribution in [0, 0.1) is 5.92 Å². The number of carbonyl (C=O) groups excluding carboxylic acids is 3. The summed E-state index contributed by atoms with van der Waals surface area (Å²) >= 11 is 0. The molecular formula is C21H23N3O4. The number of benzene rings is 1. The lowest BCUT2D eigenvalue weighted by Crippen LogP contribution is -2.32. The maximum atomic E-state index is 12.5. The van der Waals surface area contributed by atoms with Gasteiger partial charge in [0.15, 0.2) is 0 Å². The van der Waals surface area contributed by atoms with E-state index in [9.17, 15) is 14.4 Å². The summed E-state index contributed by atoms with van der Waals surface area (Å²) in [6, 6.07) is 9.30. The van der Waals surface area contributed by atoms with Crippen LogP contribution in [0.15, 0.2) is 41.0 Å². The van der Waals surface area contributed by atoms with E-state index in [-0.39, 0.29) is 30.1 Å². The molecular weight excluding hydrogens is 358 g/mol. The van der Waals surface area contributed by atoms with Crippen molar-refractivity contribution in [3.05, 3.63) is 47.9 Å². The van der Waals surface area contributed by atoms with Crippen molar-refractivity contribution < 1.29 is 18.8 Å². The van der Waals surface area contributed by atoms with Crippen LogP contribution in [-0.2, 0) is 27.3 Å². The second kappa shape index (κ2) is 7.50. The molecule has 3 amide bonds.